The SMILES string of the molecule is CNC(=O)CC(C=CC(=O)O)[P+](=O)CO. The van der Waals surface area contributed by atoms with Gasteiger partial charge in [0.25, 0.3) is 0 Å². The molecule has 0 aromatic carbocycles. The van der Waals surface area contributed by atoms with E-state index in [0.717, 1.165) is 12.2 Å². The minimum absolute atomic E-state index is 0.101. The highest BCUT2D eigenvalue weighted by molar-refractivity contribution is 7.45. The van der Waals surface area contributed by atoms with Crippen molar-refractivity contribution in [2.45, 2.75) is 12.1 Å². The molecule has 0 radical (unpaired) electrons. The third kappa shape index (κ3) is 5.93. The average Bonchev–Trinajstić information content (AvgIpc) is 2.22. The Hall–Kier alpha value is -1.26. The lowest BCUT2D eigenvalue weighted by Crippen LogP contribution is -2.22. The predicted molar refractivity (Wildman–Crippen MR) is 53.9 cm³/mol. The molecule has 2 unspecified atom stereocenters. The second-order valence-corrected chi connectivity index (χ2v) is 4.48. The second kappa shape index (κ2) is 7.09. The normalized spacial score (nSPS) is 13.6. The van der Waals surface area contributed by atoms with Crippen LogP contribution in [-0.2, 0) is 14.2 Å². The summed E-state index contributed by atoms with van der Waals surface area (Å²) in [5.74, 6) is -1.54. The molecule has 7 heteroatoms. The molecule has 0 rings (SSSR count). The first kappa shape index (κ1) is 13.7. The number of aliphatic hydroxyl groups is 1. The molecule has 1 amide bonds. The molecular weight excluding hydrogens is 221 g/mol. The van der Waals surface area contributed by atoms with Crippen LogP contribution in [0.3, 0.4) is 0 Å². The maximum Gasteiger partial charge on any atom is 0.374 e. The number of allylic oxidation sites excluding steroid dienone is 1. The first-order valence-corrected chi connectivity index (χ1v) is 5.69. The minimum Gasteiger partial charge on any atom is -0.478 e. The molecule has 0 aliphatic rings. The van der Waals surface area contributed by atoms with E-state index in [0.29, 0.717) is 0 Å². The van der Waals surface area contributed by atoms with Crippen LogP contribution in [-0.4, -0.2) is 41.1 Å². The van der Waals surface area contributed by atoms with Gasteiger partial charge in [-0.2, -0.15) is 0 Å². The molecule has 15 heavy (non-hydrogen) atoms. The van der Waals surface area contributed by atoms with Crippen LogP contribution in [0, 0.1) is 0 Å². The number of aliphatic hydroxyl groups excluding tert-OH is 1. The first-order valence-electron chi connectivity index (χ1n) is 4.17. The van der Waals surface area contributed by atoms with Crippen molar-refractivity contribution in [2.24, 2.45) is 0 Å². The number of carbonyl (C=O) groups excluding carboxylic acids is 1. The first-order chi connectivity index (χ1) is 7.01. The Labute approximate surface area is 87.8 Å². The highest BCUT2D eigenvalue weighted by Gasteiger charge is 2.29. The van der Waals surface area contributed by atoms with Crippen LogP contribution >= 0.6 is 7.80 Å². The maximum atomic E-state index is 11.2. The molecule has 0 fully saturated rings. The van der Waals surface area contributed by atoms with Crippen molar-refractivity contribution in [1.82, 2.24) is 5.32 Å². The van der Waals surface area contributed by atoms with Crippen LogP contribution in [0.15, 0.2) is 12.2 Å². The Morgan fingerprint density at radius 3 is 2.53 bits per heavy atom. The van der Waals surface area contributed by atoms with Crippen molar-refractivity contribution < 1.29 is 24.4 Å². The van der Waals surface area contributed by atoms with E-state index in [-0.39, 0.29) is 12.3 Å². The van der Waals surface area contributed by atoms with Crippen LogP contribution in [0.25, 0.3) is 0 Å². The fourth-order valence-corrected chi connectivity index (χ4v) is 1.71. The lowest BCUT2D eigenvalue weighted by Gasteiger charge is -2.00. The number of rotatable bonds is 6. The van der Waals surface area contributed by atoms with Gasteiger partial charge in [-0.15, -0.1) is 0 Å². The van der Waals surface area contributed by atoms with Crippen molar-refractivity contribution in [1.29, 1.82) is 0 Å². The number of amides is 1. The molecule has 0 heterocycles. The van der Waals surface area contributed by atoms with Crippen molar-refractivity contribution in [3.05, 3.63) is 12.2 Å². The molecule has 0 saturated carbocycles. The average molecular weight is 234 g/mol. The number of aliphatic carboxylic acids is 1. The standard InChI is InChI=1S/C8H12NO5P/c1-9-7(11)4-6(15(14)5-10)2-3-8(12)13/h2-3,6,10H,4-5H2,1H3,(H-,9,11,12,13)/p+1. The molecular formula is C8H13NO5P+. The van der Waals surface area contributed by atoms with Crippen LogP contribution < -0.4 is 5.32 Å². The Morgan fingerprint density at radius 1 is 1.53 bits per heavy atom. The van der Waals surface area contributed by atoms with Gasteiger partial charge in [-0.05, 0) is 6.08 Å². The third-order valence-corrected chi connectivity index (χ3v) is 3.02. The molecule has 0 aliphatic heterocycles. The fourth-order valence-electron chi connectivity index (χ4n) is 0.856. The topological polar surface area (TPSA) is 104 Å². The van der Waals surface area contributed by atoms with Crippen LogP contribution in [0.2, 0.25) is 0 Å². The zero-order valence-electron chi connectivity index (χ0n) is 8.21. The van der Waals surface area contributed by atoms with Gasteiger partial charge in [-0.25, -0.2) is 4.79 Å². The Morgan fingerprint density at radius 2 is 2.13 bits per heavy atom. The van der Waals surface area contributed by atoms with E-state index in [4.69, 9.17) is 10.2 Å². The Kier molecular flexibility index (Phi) is 6.49. The van der Waals surface area contributed by atoms with E-state index in [1.54, 1.807) is 0 Å². The maximum absolute atomic E-state index is 11.2. The highest BCUT2D eigenvalue weighted by atomic mass is 31.1. The van der Waals surface area contributed by atoms with Crippen molar-refractivity contribution in [2.75, 3.05) is 13.4 Å². The molecule has 84 valence electrons. The van der Waals surface area contributed by atoms with Gasteiger partial charge >= 0.3 is 13.8 Å². The number of nitrogens with one attached hydrogen (secondary N) is 1. The smallest absolute Gasteiger partial charge is 0.374 e. The van der Waals surface area contributed by atoms with E-state index in [2.05, 4.69) is 5.32 Å². The zero-order chi connectivity index (χ0) is 11.8. The summed E-state index contributed by atoms with van der Waals surface area (Å²) in [4.78, 5) is 21.2. The van der Waals surface area contributed by atoms with Crippen LogP contribution in [0.5, 0.6) is 0 Å². The highest BCUT2D eigenvalue weighted by Crippen LogP contribution is 2.30. The van der Waals surface area contributed by atoms with Gasteiger partial charge in [0.2, 0.25) is 12.3 Å². The Bertz CT molecular complexity index is 289. The van der Waals surface area contributed by atoms with Gasteiger partial charge in [0.15, 0.2) is 5.66 Å². The van der Waals surface area contributed by atoms with E-state index in [9.17, 15) is 14.2 Å². The van der Waals surface area contributed by atoms with Gasteiger partial charge in [-0.3, -0.25) is 4.79 Å². The van der Waals surface area contributed by atoms with Crippen LogP contribution in [0.4, 0.5) is 0 Å². The molecule has 0 aromatic rings. The fraction of sp³-hybridized carbons (Fsp3) is 0.500. The second-order valence-electron chi connectivity index (χ2n) is 2.70. The zero-order valence-corrected chi connectivity index (χ0v) is 9.11. The molecule has 6 nitrogen and oxygen atoms in total. The van der Waals surface area contributed by atoms with E-state index in [1.807, 2.05) is 0 Å². The molecule has 2 atom stereocenters. The summed E-state index contributed by atoms with van der Waals surface area (Å²) >= 11 is 0. The number of hydrogen-bond acceptors (Lipinski definition) is 4. The summed E-state index contributed by atoms with van der Waals surface area (Å²) in [7, 11) is -0.593. The van der Waals surface area contributed by atoms with Gasteiger partial charge in [0.05, 0.1) is 6.42 Å². The molecule has 0 aromatic heterocycles. The predicted octanol–water partition coefficient (Wildman–Crippen LogP) is -0.0909. The summed E-state index contributed by atoms with van der Waals surface area (Å²) in [6, 6.07) is 0. The summed E-state index contributed by atoms with van der Waals surface area (Å²) in [5.41, 5.74) is -0.749. The van der Waals surface area contributed by atoms with E-state index in [1.165, 1.54) is 7.05 Å². The van der Waals surface area contributed by atoms with Gasteiger partial charge in [0, 0.05) is 13.1 Å². The summed E-state index contributed by atoms with van der Waals surface area (Å²) in [5, 5.41) is 19.4. The summed E-state index contributed by atoms with van der Waals surface area (Å²) < 4.78 is 11.2. The lowest BCUT2D eigenvalue weighted by molar-refractivity contribution is -0.131. The molecule has 0 spiro atoms. The number of hydrogen-bond donors (Lipinski definition) is 3. The third-order valence-electron chi connectivity index (χ3n) is 1.64. The van der Waals surface area contributed by atoms with Gasteiger partial charge < -0.3 is 15.5 Å². The van der Waals surface area contributed by atoms with Crippen LogP contribution in [0.1, 0.15) is 6.42 Å². The monoisotopic (exact) mass is 234 g/mol. The summed E-state index contributed by atoms with van der Waals surface area (Å²) in [6.07, 6.45) is 1.31. The number of carbonyl (C=O) groups is 2. The lowest BCUT2D eigenvalue weighted by atomic mass is 10.2. The molecule has 3 N–H and O–H groups in total. The van der Waals surface area contributed by atoms with Gasteiger partial charge in [-0.1, -0.05) is 4.57 Å². The van der Waals surface area contributed by atoms with E-state index >= 15 is 0 Å². The van der Waals surface area contributed by atoms with Crippen molar-refractivity contribution in [3.63, 3.8) is 0 Å². The molecule has 0 aliphatic carbocycles. The largest absolute Gasteiger partial charge is 0.478 e. The number of carboxylic acids is 1. The quantitative estimate of drug-likeness (QED) is 0.440. The number of carboxylic acid groups (broad SMARTS) is 1. The molecule has 0 saturated heterocycles. The van der Waals surface area contributed by atoms with Crippen molar-refractivity contribution >= 4 is 19.7 Å². The van der Waals surface area contributed by atoms with Gasteiger partial charge in [0.1, 0.15) is 0 Å². The Balaban J connectivity index is 4.51. The molecule has 0 bridgehead atoms. The summed E-state index contributed by atoms with van der Waals surface area (Å²) in [6.45, 7) is 0. The van der Waals surface area contributed by atoms with E-state index < -0.39 is 25.8 Å². The minimum atomic E-state index is -2.02. The van der Waals surface area contributed by atoms with Crippen molar-refractivity contribution in [3.8, 4) is 0 Å².